The third-order valence-electron chi connectivity index (χ3n) is 3.44. The Kier molecular flexibility index (Phi) is 5.15. The second-order valence-corrected chi connectivity index (χ2v) is 5.35. The van der Waals surface area contributed by atoms with E-state index in [1.54, 1.807) is 17.1 Å². The highest BCUT2D eigenvalue weighted by molar-refractivity contribution is 6.03. The summed E-state index contributed by atoms with van der Waals surface area (Å²) < 4.78 is 14.0. The summed E-state index contributed by atoms with van der Waals surface area (Å²) in [4.78, 5) is 0. The van der Waals surface area contributed by atoms with Crippen LogP contribution in [0.5, 0.6) is 0 Å². The molecule has 0 unspecified atom stereocenters. The van der Waals surface area contributed by atoms with Crippen LogP contribution in [-0.4, -0.2) is 12.3 Å². The van der Waals surface area contributed by atoms with Gasteiger partial charge in [0.1, 0.15) is 5.82 Å². The first-order valence-electron chi connectivity index (χ1n) is 7.46. The molecule has 0 aliphatic heterocycles. The summed E-state index contributed by atoms with van der Waals surface area (Å²) in [6.07, 6.45) is 0.869. The topological polar surface area (TPSA) is 41.6 Å². The van der Waals surface area contributed by atoms with Crippen LogP contribution < -0.4 is 10.7 Å². The molecule has 0 saturated heterocycles. The average molecular weight is 299 g/mol. The quantitative estimate of drug-likeness (QED) is 0.506. The van der Waals surface area contributed by atoms with Crippen LogP contribution in [0.1, 0.15) is 31.4 Å². The van der Waals surface area contributed by atoms with Gasteiger partial charge >= 0.3 is 0 Å². The molecule has 0 atom stereocenters. The van der Waals surface area contributed by atoms with E-state index in [1.807, 2.05) is 45.0 Å². The van der Waals surface area contributed by atoms with E-state index < -0.39 is 0 Å². The standard InChI is InChI=1S/C18H22FN3/c1-4-11-22(18-8-6-5-7-16(18)19)21-14(3)15-12-13(2)9-10-17(15)20/h5-10,12H,4,11,20H2,1-3H3/b21-14+. The molecule has 0 aromatic heterocycles. The Bertz CT molecular complexity index is 680. The van der Waals surface area contributed by atoms with Gasteiger partial charge in [-0.25, -0.2) is 4.39 Å². The van der Waals surface area contributed by atoms with Gasteiger partial charge in [-0.3, -0.25) is 5.01 Å². The second kappa shape index (κ2) is 7.07. The lowest BCUT2D eigenvalue weighted by Crippen LogP contribution is -2.21. The first-order valence-corrected chi connectivity index (χ1v) is 7.46. The van der Waals surface area contributed by atoms with Gasteiger partial charge in [-0.05, 0) is 44.5 Å². The molecule has 2 rings (SSSR count). The number of nitrogens with two attached hydrogens (primary N) is 1. The lowest BCUT2D eigenvalue weighted by molar-refractivity contribution is 0.618. The zero-order valence-corrected chi connectivity index (χ0v) is 13.3. The Hall–Kier alpha value is -2.36. The lowest BCUT2D eigenvalue weighted by Gasteiger charge is -2.20. The summed E-state index contributed by atoms with van der Waals surface area (Å²) >= 11 is 0. The summed E-state index contributed by atoms with van der Waals surface area (Å²) in [5.74, 6) is -0.273. The van der Waals surface area contributed by atoms with Gasteiger partial charge in [-0.1, -0.05) is 30.7 Å². The van der Waals surface area contributed by atoms with E-state index in [0.29, 0.717) is 17.9 Å². The predicted octanol–water partition coefficient (Wildman–Crippen LogP) is 4.36. The Labute approximate surface area is 131 Å². The van der Waals surface area contributed by atoms with Crippen LogP contribution in [0, 0.1) is 12.7 Å². The molecule has 0 aliphatic rings. The van der Waals surface area contributed by atoms with Crippen molar-refractivity contribution in [1.29, 1.82) is 0 Å². The number of nitrogens with zero attached hydrogens (tertiary/aromatic N) is 2. The minimum Gasteiger partial charge on any atom is -0.398 e. The first kappa shape index (κ1) is 16.0. The van der Waals surface area contributed by atoms with Crippen molar-refractivity contribution >= 4 is 17.1 Å². The Morgan fingerprint density at radius 2 is 1.95 bits per heavy atom. The average Bonchev–Trinajstić information content (AvgIpc) is 2.49. The molecule has 22 heavy (non-hydrogen) atoms. The molecule has 2 aromatic carbocycles. The minimum atomic E-state index is -0.273. The second-order valence-electron chi connectivity index (χ2n) is 5.35. The van der Waals surface area contributed by atoms with Crippen molar-refractivity contribution in [2.75, 3.05) is 17.3 Å². The monoisotopic (exact) mass is 299 g/mol. The van der Waals surface area contributed by atoms with Crippen molar-refractivity contribution in [3.8, 4) is 0 Å². The van der Waals surface area contributed by atoms with Crippen molar-refractivity contribution in [1.82, 2.24) is 0 Å². The number of aryl methyl sites for hydroxylation is 1. The highest BCUT2D eigenvalue weighted by Crippen LogP contribution is 2.21. The van der Waals surface area contributed by atoms with E-state index in [1.165, 1.54) is 6.07 Å². The molecule has 2 N–H and O–H groups in total. The molecule has 2 aromatic rings. The number of nitrogen functional groups attached to an aromatic ring is 1. The fourth-order valence-corrected chi connectivity index (χ4v) is 2.32. The van der Waals surface area contributed by atoms with Gasteiger partial charge in [0.25, 0.3) is 0 Å². The van der Waals surface area contributed by atoms with Crippen molar-refractivity contribution in [3.05, 3.63) is 59.4 Å². The van der Waals surface area contributed by atoms with Gasteiger partial charge in [0.05, 0.1) is 11.4 Å². The van der Waals surface area contributed by atoms with Crippen molar-refractivity contribution in [2.24, 2.45) is 5.10 Å². The molecule has 116 valence electrons. The van der Waals surface area contributed by atoms with Crippen LogP contribution in [0.3, 0.4) is 0 Å². The SMILES string of the molecule is CCCN(/N=C(\C)c1cc(C)ccc1N)c1ccccc1F. The highest BCUT2D eigenvalue weighted by atomic mass is 19.1. The number of hydrogen-bond donors (Lipinski definition) is 1. The zero-order valence-electron chi connectivity index (χ0n) is 13.3. The van der Waals surface area contributed by atoms with Crippen molar-refractivity contribution in [3.63, 3.8) is 0 Å². The van der Waals surface area contributed by atoms with Crippen LogP contribution in [0.25, 0.3) is 0 Å². The summed E-state index contributed by atoms with van der Waals surface area (Å²) in [6.45, 7) is 6.59. The number of hydrazone groups is 1. The number of para-hydroxylation sites is 1. The first-order chi connectivity index (χ1) is 10.5. The number of hydrogen-bond acceptors (Lipinski definition) is 3. The molecule has 0 heterocycles. The molecule has 0 radical (unpaired) electrons. The third kappa shape index (κ3) is 3.64. The van der Waals surface area contributed by atoms with Gasteiger partial charge in [-0.15, -0.1) is 0 Å². The molecular weight excluding hydrogens is 277 g/mol. The Balaban J connectivity index is 2.41. The molecule has 0 amide bonds. The molecule has 0 saturated carbocycles. The number of anilines is 2. The summed E-state index contributed by atoms with van der Waals surface area (Å²) in [5.41, 5.74) is 9.97. The van der Waals surface area contributed by atoms with E-state index in [-0.39, 0.29) is 5.82 Å². The molecule has 3 nitrogen and oxygen atoms in total. The summed E-state index contributed by atoms with van der Waals surface area (Å²) in [7, 11) is 0. The Morgan fingerprint density at radius 3 is 2.64 bits per heavy atom. The van der Waals surface area contributed by atoms with E-state index in [0.717, 1.165) is 23.3 Å². The maximum atomic E-state index is 14.0. The van der Waals surface area contributed by atoms with E-state index in [2.05, 4.69) is 5.10 Å². The van der Waals surface area contributed by atoms with Crippen LogP contribution in [-0.2, 0) is 0 Å². The van der Waals surface area contributed by atoms with Crippen LogP contribution >= 0.6 is 0 Å². The molecule has 0 aliphatic carbocycles. The van der Waals surface area contributed by atoms with Crippen molar-refractivity contribution in [2.45, 2.75) is 27.2 Å². The van der Waals surface area contributed by atoms with Gasteiger partial charge in [0.2, 0.25) is 0 Å². The van der Waals surface area contributed by atoms with Crippen LogP contribution in [0.15, 0.2) is 47.6 Å². The zero-order chi connectivity index (χ0) is 16.1. The van der Waals surface area contributed by atoms with E-state index in [9.17, 15) is 4.39 Å². The Morgan fingerprint density at radius 1 is 1.23 bits per heavy atom. The van der Waals surface area contributed by atoms with Crippen LogP contribution in [0.4, 0.5) is 15.8 Å². The molecule has 0 fully saturated rings. The smallest absolute Gasteiger partial charge is 0.148 e. The fraction of sp³-hybridized carbons (Fsp3) is 0.278. The molecular formula is C18H22FN3. The fourth-order valence-electron chi connectivity index (χ4n) is 2.32. The maximum Gasteiger partial charge on any atom is 0.148 e. The van der Waals surface area contributed by atoms with Gasteiger partial charge in [0, 0.05) is 17.8 Å². The number of benzene rings is 2. The summed E-state index contributed by atoms with van der Waals surface area (Å²) in [5, 5.41) is 6.30. The van der Waals surface area contributed by atoms with Gasteiger partial charge < -0.3 is 5.73 Å². The van der Waals surface area contributed by atoms with Crippen LogP contribution in [0.2, 0.25) is 0 Å². The normalized spacial score (nSPS) is 11.5. The van der Waals surface area contributed by atoms with E-state index in [4.69, 9.17) is 5.73 Å². The number of rotatable bonds is 5. The maximum absolute atomic E-state index is 14.0. The molecule has 0 bridgehead atoms. The third-order valence-corrected chi connectivity index (χ3v) is 3.44. The van der Waals surface area contributed by atoms with Gasteiger partial charge in [0.15, 0.2) is 0 Å². The number of halogens is 1. The predicted molar refractivity (Wildman–Crippen MR) is 91.8 cm³/mol. The highest BCUT2D eigenvalue weighted by Gasteiger charge is 2.11. The van der Waals surface area contributed by atoms with Crippen molar-refractivity contribution < 1.29 is 4.39 Å². The van der Waals surface area contributed by atoms with E-state index >= 15 is 0 Å². The largest absolute Gasteiger partial charge is 0.398 e. The molecule has 4 heteroatoms. The summed E-state index contributed by atoms with van der Waals surface area (Å²) in [6, 6.07) is 12.5. The lowest BCUT2D eigenvalue weighted by atomic mass is 10.1. The van der Waals surface area contributed by atoms with Gasteiger partial charge in [-0.2, -0.15) is 5.10 Å². The minimum absolute atomic E-state index is 0.273. The molecule has 0 spiro atoms.